The average molecular weight is 322 g/mol. The van der Waals surface area contributed by atoms with Gasteiger partial charge in [0.05, 0.1) is 16.4 Å². The number of carbonyl (C=O) groups is 2. The Kier molecular flexibility index (Phi) is 5.16. The molecule has 0 spiro atoms. The van der Waals surface area contributed by atoms with Crippen LogP contribution < -0.4 is 10.6 Å². The summed E-state index contributed by atoms with van der Waals surface area (Å²) in [4.78, 5) is 23.6. The molecule has 0 atom stereocenters. The van der Waals surface area contributed by atoms with Crippen LogP contribution in [0.4, 0.5) is 11.4 Å². The van der Waals surface area contributed by atoms with Gasteiger partial charge in [0.25, 0.3) is 5.91 Å². The van der Waals surface area contributed by atoms with Gasteiger partial charge in [-0.1, -0.05) is 23.7 Å². The van der Waals surface area contributed by atoms with Gasteiger partial charge in [0.2, 0.25) is 11.7 Å². The third-order valence-corrected chi connectivity index (χ3v) is 3.16. The summed E-state index contributed by atoms with van der Waals surface area (Å²) in [7, 11) is 0. The SMILES string of the molecule is CCCC(=O)Nc1ccc(Cl)c(NC(=O)c2cc(C)no2)c1. The minimum absolute atomic E-state index is 0.0899. The minimum Gasteiger partial charge on any atom is -0.351 e. The second-order valence-electron chi connectivity index (χ2n) is 4.78. The quantitative estimate of drug-likeness (QED) is 0.880. The van der Waals surface area contributed by atoms with E-state index < -0.39 is 5.91 Å². The third-order valence-electron chi connectivity index (χ3n) is 2.83. The van der Waals surface area contributed by atoms with E-state index in [9.17, 15) is 9.59 Å². The largest absolute Gasteiger partial charge is 0.351 e. The van der Waals surface area contributed by atoms with Gasteiger partial charge >= 0.3 is 0 Å². The van der Waals surface area contributed by atoms with Crippen molar-refractivity contribution in [2.75, 3.05) is 10.6 Å². The van der Waals surface area contributed by atoms with Crippen LogP contribution in [-0.4, -0.2) is 17.0 Å². The molecule has 2 amide bonds. The van der Waals surface area contributed by atoms with Gasteiger partial charge in [0.1, 0.15) is 0 Å². The summed E-state index contributed by atoms with van der Waals surface area (Å²) in [6, 6.07) is 6.39. The second kappa shape index (κ2) is 7.09. The molecule has 2 aromatic rings. The van der Waals surface area contributed by atoms with Gasteiger partial charge in [-0.3, -0.25) is 9.59 Å². The Balaban J connectivity index is 2.13. The van der Waals surface area contributed by atoms with E-state index in [0.717, 1.165) is 6.42 Å². The lowest BCUT2D eigenvalue weighted by atomic mass is 10.2. The van der Waals surface area contributed by atoms with Crippen LogP contribution in [0.15, 0.2) is 28.8 Å². The fourth-order valence-corrected chi connectivity index (χ4v) is 1.97. The smallest absolute Gasteiger partial charge is 0.294 e. The number of carbonyl (C=O) groups excluding carboxylic acids is 2. The molecule has 2 rings (SSSR count). The molecule has 6 nitrogen and oxygen atoms in total. The van der Waals surface area contributed by atoms with Gasteiger partial charge in [-0.15, -0.1) is 0 Å². The highest BCUT2D eigenvalue weighted by Gasteiger charge is 2.14. The van der Waals surface area contributed by atoms with Gasteiger partial charge in [-0.25, -0.2) is 0 Å². The standard InChI is InChI=1S/C15H16ClN3O3/c1-3-4-14(20)17-10-5-6-11(16)12(8-10)18-15(21)13-7-9(2)19-22-13/h5-8H,3-4H2,1-2H3,(H,17,20)(H,18,21). The molecule has 0 fully saturated rings. The van der Waals surface area contributed by atoms with E-state index in [1.807, 2.05) is 6.92 Å². The maximum atomic E-state index is 12.0. The summed E-state index contributed by atoms with van der Waals surface area (Å²) in [6.07, 6.45) is 1.19. The summed E-state index contributed by atoms with van der Waals surface area (Å²) in [6.45, 7) is 3.64. The van der Waals surface area contributed by atoms with Crippen molar-refractivity contribution in [1.29, 1.82) is 0 Å². The van der Waals surface area contributed by atoms with Crippen molar-refractivity contribution in [3.05, 3.63) is 40.7 Å². The van der Waals surface area contributed by atoms with E-state index >= 15 is 0 Å². The Hall–Kier alpha value is -2.34. The molecule has 0 saturated carbocycles. The molecule has 22 heavy (non-hydrogen) atoms. The molecule has 7 heteroatoms. The lowest BCUT2D eigenvalue weighted by Gasteiger charge is -2.09. The summed E-state index contributed by atoms with van der Waals surface area (Å²) < 4.78 is 4.89. The van der Waals surface area contributed by atoms with Crippen molar-refractivity contribution in [2.24, 2.45) is 0 Å². The Morgan fingerprint density at radius 2 is 2.05 bits per heavy atom. The summed E-state index contributed by atoms with van der Waals surface area (Å²) >= 11 is 6.06. The van der Waals surface area contributed by atoms with E-state index in [1.165, 1.54) is 6.07 Å². The normalized spacial score (nSPS) is 10.3. The number of benzene rings is 1. The molecular weight excluding hydrogens is 306 g/mol. The van der Waals surface area contributed by atoms with Gasteiger partial charge in [0.15, 0.2) is 0 Å². The Morgan fingerprint density at radius 1 is 1.27 bits per heavy atom. The molecule has 0 aliphatic carbocycles. The van der Waals surface area contributed by atoms with Crippen molar-refractivity contribution in [3.8, 4) is 0 Å². The molecule has 0 saturated heterocycles. The van der Waals surface area contributed by atoms with Crippen LogP contribution in [0.1, 0.15) is 36.0 Å². The first-order valence-corrected chi connectivity index (χ1v) is 7.21. The molecule has 0 radical (unpaired) electrons. The van der Waals surface area contributed by atoms with Crippen molar-refractivity contribution in [1.82, 2.24) is 5.16 Å². The molecule has 1 aromatic heterocycles. The first-order chi connectivity index (χ1) is 10.5. The van der Waals surface area contributed by atoms with Crippen LogP contribution in [0.2, 0.25) is 5.02 Å². The zero-order valence-electron chi connectivity index (χ0n) is 12.3. The zero-order valence-corrected chi connectivity index (χ0v) is 13.0. The number of halogens is 1. The molecular formula is C15H16ClN3O3. The van der Waals surface area contributed by atoms with Crippen LogP contribution in [-0.2, 0) is 4.79 Å². The topological polar surface area (TPSA) is 84.2 Å². The molecule has 1 heterocycles. The zero-order chi connectivity index (χ0) is 16.1. The minimum atomic E-state index is -0.459. The van der Waals surface area contributed by atoms with Crippen LogP contribution in [0, 0.1) is 6.92 Å². The fourth-order valence-electron chi connectivity index (χ4n) is 1.80. The highest BCUT2D eigenvalue weighted by molar-refractivity contribution is 6.34. The first kappa shape index (κ1) is 16.0. The second-order valence-corrected chi connectivity index (χ2v) is 5.19. The van der Waals surface area contributed by atoms with E-state index in [0.29, 0.717) is 28.5 Å². The Morgan fingerprint density at radius 3 is 2.68 bits per heavy atom. The van der Waals surface area contributed by atoms with Crippen LogP contribution in [0.25, 0.3) is 0 Å². The first-order valence-electron chi connectivity index (χ1n) is 6.83. The van der Waals surface area contributed by atoms with E-state index in [4.69, 9.17) is 16.1 Å². The molecule has 1 aromatic carbocycles. The molecule has 0 bridgehead atoms. The molecule has 0 aliphatic rings. The molecule has 0 aliphatic heterocycles. The maximum absolute atomic E-state index is 12.0. The lowest BCUT2D eigenvalue weighted by molar-refractivity contribution is -0.116. The van der Waals surface area contributed by atoms with Crippen molar-refractivity contribution in [2.45, 2.75) is 26.7 Å². The van der Waals surface area contributed by atoms with Crippen LogP contribution in [0.3, 0.4) is 0 Å². The molecule has 0 unspecified atom stereocenters. The highest BCUT2D eigenvalue weighted by Crippen LogP contribution is 2.26. The van der Waals surface area contributed by atoms with Crippen molar-refractivity contribution < 1.29 is 14.1 Å². The number of nitrogens with zero attached hydrogens (tertiary/aromatic N) is 1. The molecule has 2 N–H and O–H groups in total. The number of anilines is 2. The summed E-state index contributed by atoms with van der Waals surface area (Å²) in [5.74, 6) is -0.457. The maximum Gasteiger partial charge on any atom is 0.294 e. The fraction of sp³-hybridized carbons (Fsp3) is 0.267. The predicted octanol–water partition coefficient (Wildman–Crippen LogP) is 3.63. The molecule has 116 valence electrons. The number of aryl methyl sites for hydroxylation is 1. The van der Waals surface area contributed by atoms with Gasteiger partial charge in [-0.05, 0) is 31.5 Å². The number of hydrogen-bond donors (Lipinski definition) is 2. The number of nitrogens with one attached hydrogen (secondary N) is 2. The van der Waals surface area contributed by atoms with Gasteiger partial charge in [-0.2, -0.15) is 0 Å². The third kappa shape index (κ3) is 4.08. The Labute approximate surface area is 132 Å². The summed E-state index contributed by atoms with van der Waals surface area (Å²) in [5.41, 5.74) is 1.55. The van der Waals surface area contributed by atoms with E-state index in [2.05, 4.69) is 15.8 Å². The monoisotopic (exact) mass is 321 g/mol. The Bertz CT molecular complexity index is 697. The number of hydrogen-bond acceptors (Lipinski definition) is 4. The number of amides is 2. The number of rotatable bonds is 5. The number of aromatic nitrogens is 1. The van der Waals surface area contributed by atoms with E-state index in [1.54, 1.807) is 25.1 Å². The lowest BCUT2D eigenvalue weighted by Crippen LogP contribution is -2.13. The highest BCUT2D eigenvalue weighted by atomic mass is 35.5. The van der Waals surface area contributed by atoms with Crippen molar-refractivity contribution in [3.63, 3.8) is 0 Å². The van der Waals surface area contributed by atoms with Crippen LogP contribution >= 0.6 is 11.6 Å². The van der Waals surface area contributed by atoms with Crippen molar-refractivity contribution >= 4 is 34.8 Å². The summed E-state index contributed by atoms with van der Waals surface area (Å²) in [5, 5.41) is 9.39. The predicted molar refractivity (Wildman–Crippen MR) is 84.2 cm³/mol. The average Bonchev–Trinajstić information content (AvgIpc) is 2.89. The van der Waals surface area contributed by atoms with Gasteiger partial charge < -0.3 is 15.2 Å². The van der Waals surface area contributed by atoms with Gasteiger partial charge in [0, 0.05) is 18.2 Å². The van der Waals surface area contributed by atoms with E-state index in [-0.39, 0.29) is 11.7 Å². The van der Waals surface area contributed by atoms with Crippen LogP contribution in [0.5, 0.6) is 0 Å².